The molecule has 1 aliphatic heterocycles. The number of ether oxygens (including phenoxy) is 2. The van der Waals surface area contributed by atoms with E-state index in [1.165, 1.54) is 12.8 Å². The molecule has 0 aliphatic carbocycles. The van der Waals surface area contributed by atoms with Gasteiger partial charge in [-0.15, -0.1) is 0 Å². The lowest BCUT2D eigenvalue weighted by Gasteiger charge is -2.22. The number of amides is 1. The number of carbonyl (C=O) groups is 1. The summed E-state index contributed by atoms with van der Waals surface area (Å²) >= 11 is 0. The number of anilines is 1. The van der Waals surface area contributed by atoms with E-state index in [4.69, 9.17) is 9.47 Å². The Morgan fingerprint density at radius 1 is 1.23 bits per heavy atom. The van der Waals surface area contributed by atoms with Gasteiger partial charge in [0, 0.05) is 19.2 Å². The molecule has 0 atom stereocenters. The first-order chi connectivity index (χ1) is 10.8. The Hall–Kier alpha value is -1.59. The number of carbonyl (C=O) groups excluding carboxylic acids is 1. The Kier molecular flexibility index (Phi) is 7.19. The Labute approximate surface area is 132 Å². The molecule has 2 rings (SSSR count). The lowest BCUT2D eigenvalue weighted by Crippen LogP contribution is -2.28. The van der Waals surface area contributed by atoms with Crippen LogP contribution in [0.25, 0.3) is 0 Å². The van der Waals surface area contributed by atoms with Crippen LogP contribution in [0.2, 0.25) is 0 Å². The Morgan fingerprint density at radius 3 is 2.64 bits per heavy atom. The van der Waals surface area contributed by atoms with Crippen molar-refractivity contribution in [3.05, 3.63) is 24.3 Å². The third-order valence-electron chi connectivity index (χ3n) is 3.93. The fraction of sp³-hybridized carbons (Fsp3) is 0.588. The van der Waals surface area contributed by atoms with Crippen LogP contribution in [0.5, 0.6) is 5.75 Å². The lowest BCUT2D eigenvalue weighted by atomic mass is 9.93. The van der Waals surface area contributed by atoms with Crippen molar-refractivity contribution in [3.8, 4) is 5.75 Å². The average Bonchev–Trinajstić information content (AvgIpc) is 2.56. The smallest absolute Gasteiger partial charge is 0.224 e. The number of hydrogen-bond acceptors (Lipinski definition) is 4. The molecule has 0 bridgehead atoms. The molecule has 1 aliphatic rings. The van der Waals surface area contributed by atoms with Crippen LogP contribution in [0.15, 0.2) is 24.3 Å². The number of nitrogens with one attached hydrogen (secondary N) is 2. The van der Waals surface area contributed by atoms with Crippen molar-refractivity contribution in [1.82, 2.24) is 5.32 Å². The summed E-state index contributed by atoms with van der Waals surface area (Å²) in [6.45, 7) is 3.25. The van der Waals surface area contributed by atoms with Gasteiger partial charge in [-0.1, -0.05) is 0 Å². The molecule has 0 aromatic heterocycles. The third-order valence-corrected chi connectivity index (χ3v) is 3.93. The van der Waals surface area contributed by atoms with Crippen LogP contribution >= 0.6 is 0 Å². The van der Waals surface area contributed by atoms with E-state index >= 15 is 0 Å². The second kappa shape index (κ2) is 9.43. The zero-order valence-electron chi connectivity index (χ0n) is 13.3. The molecule has 1 fully saturated rings. The molecule has 0 unspecified atom stereocenters. The van der Waals surface area contributed by atoms with E-state index in [9.17, 15) is 4.79 Å². The monoisotopic (exact) mass is 306 g/mol. The number of hydrogen-bond donors (Lipinski definition) is 2. The summed E-state index contributed by atoms with van der Waals surface area (Å²) in [4.78, 5) is 12.0. The van der Waals surface area contributed by atoms with Gasteiger partial charge in [0.05, 0.1) is 6.61 Å². The number of benzene rings is 1. The Morgan fingerprint density at radius 2 is 1.95 bits per heavy atom. The second-order valence-electron chi connectivity index (χ2n) is 5.65. The van der Waals surface area contributed by atoms with Crippen molar-refractivity contribution < 1.29 is 14.3 Å². The van der Waals surface area contributed by atoms with Gasteiger partial charge < -0.3 is 20.1 Å². The molecule has 1 amide bonds. The molecule has 0 spiro atoms. The van der Waals surface area contributed by atoms with E-state index in [0.717, 1.165) is 30.9 Å². The quantitative estimate of drug-likeness (QED) is 0.724. The number of piperidine rings is 1. The fourth-order valence-electron chi connectivity index (χ4n) is 2.61. The van der Waals surface area contributed by atoms with Gasteiger partial charge in [-0.2, -0.15) is 0 Å². The minimum Gasteiger partial charge on any atom is -0.491 e. The standard InChI is InChI=1S/C17H26N2O3/c1-21-12-13-22-16-5-3-15(4-6-16)19-17(20)7-2-14-8-10-18-11-9-14/h3-6,14,18H,2,7-13H2,1H3,(H,19,20). The third kappa shape index (κ3) is 6.03. The molecule has 1 saturated heterocycles. The predicted octanol–water partition coefficient (Wildman–Crippen LogP) is 2.43. The summed E-state index contributed by atoms with van der Waals surface area (Å²) in [6, 6.07) is 7.45. The first-order valence-electron chi connectivity index (χ1n) is 8.00. The zero-order chi connectivity index (χ0) is 15.6. The van der Waals surface area contributed by atoms with Crippen molar-refractivity contribution in [2.75, 3.05) is 38.7 Å². The molecule has 1 heterocycles. The molecule has 0 saturated carbocycles. The Bertz CT molecular complexity index is 442. The highest BCUT2D eigenvalue weighted by atomic mass is 16.5. The minimum atomic E-state index is 0.0894. The van der Waals surface area contributed by atoms with Gasteiger partial charge in [-0.25, -0.2) is 0 Å². The van der Waals surface area contributed by atoms with Gasteiger partial charge in [0.2, 0.25) is 5.91 Å². The topological polar surface area (TPSA) is 59.6 Å². The molecular formula is C17H26N2O3. The van der Waals surface area contributed by atoms with E-state index < -0.39 is 0 Å². The predicted molar refractivity (Wildman–Crippen MR) is 87.3 cm³/mol. The van der Waals surface area contributed by atoms with Crippen LogP contribution in [0, 0.1) is 5.92 Å². The first kappa shape index (κ1) is 16.8. The van der Waals surface area contributed by atoms with Gasteiger partial charge in [0.25, 0.3) is 0 Å². The van der Waals surface area contributed by atoms with Crippen molar-refractivity contribution in [3.63, 3.8) is 0 Å². The van der Waals surface area contributed by atoms with E-state index in [-0.39, 0.29) is 5.91 Å². The van der Waals surface area contributed by atoms with Crippen molar-refractivity contribution >= 4 is 11.6 Å². The minimum absolute atomic E-state index is 0.0894. The molecule has 2 N–H and O–H groups in total. The maximum atomic E-state index is 12.0. The van der Waals surface area contributed by atoms with Gasteiger partial charge in [0.1, 0.15) is 12.4 Å². The van der Waals surface area contributed by atoms with Crippen molar-refractivity contribution in [2.24, 2.45) is 5.92 Å². The van der Waals surface area contributed by atoms with Gasteiger partial charge in [0.15, 0.2) is 0 Å². The van der Waals surface area contributed by atoms with Gasteiger partial charge >= 0.3 is 0 Å². The summed E-state index contributed by atoms with van der Waals surface area (Å²) in [6.07, 6.45) is 3.93. The highest BCUT2D eigenvalue weighted by molar-refractivity contribution is 5.90. The summed E-state index contributed by atoms with van der Waals surface area (Å²) in [7, 11) is 1.64. The maximum absolute atomic E-state index is 12.0. The summed E-state index contributed by atoms with van der Waals surface area (Å²) < 4.78 is 10.4. The van der Waals surface area contributed by atoms with Crippen molar-refractivity contribution in [1.29, 1.82) is 0 Å². The molecule has 122 valence electrons. The molecule has 0 radical (unpaired) electrons. The van der Waals surface area contributed by atoms with Crippen LogP contribution in [-0.4, -0.2) is 39.3 Å². The lowest BCUT2D eigenvalue weighted by molar-refractivity contribution is -0.116. The van der Waals surface area contributed by atoms with E-state index in [1.807, 2.05) is 24.3 Å². The van der Waals surface area contributed by atoms with Gasteiger partial charge in [-0.3, -0.25) is 4.79 Å². The molecule has 5 nitrogen and oxygen atoms in total. The summed E-state index contributed by atoms with van der Waals surface area (Å²) in [5.74, 6) is 1.56. The number of rotatable bonds is 8. The van der Waals surface area contributed by atoms with Crippen LogP contribution in [0.1, 0.15) is 25.7 Å². The van der Waals surface area contributed by atoms with E-state index in [0.29, 0.717) is 25.6 Å². The largest absolute Gasteiger partial charge is 0.491 e. The van der Waals surface area contributed by atoms with E-state index in [1.54, 1.807) is 7.11 Å². The van der Waals surface area contributed by atoms with Crippen LogP contribution in [0.4, 0.5) is 5.69 Å². The SMILES string of the molecule is COCCOc1ccc(NC(=O)CCC2CCNCC2)cc1. The van der Waals surface area contributed by atoms with Crippen molar-refractivity contribution in [2.45, 2.75) is 25.7 Å². The number of methoxy groups -OCH3 is 1. The highest BCUT2D eigenvalue weighted by Gasteiger charge is 2.14. The van der Waals surface area contributed by atoms with Crippen LogP contribution in [-0.2, 0) is 9.53 Å². The highest BCUT2D eigenvalue weighted by Crippen LogP contribution is 2.19. The summed E-state index contributed by atoms with van der Waals surface area (Å²) in [5.41, 5.74) is 0.814. The van der Waals surface area contributed by atoms with Gasteiger partial charge in [-0.05, 0) is 62.5 Å². The van der Waals surface area contributed by atoms with E-state index in [2.05, 4.69) is 10.6 Å². The Balaban J connectivity index is 1.69. The molecule has 5 heteroatoms. The maximum Gasteiger partial charge on any atom is 0.224 e. The molecule has 1 aromatic rings. The fourth-order valence-corrected chi connectivity index (χ4v) is 2.61. The molecule has 1 aromatic carbocycles. The normalized spacial score (nSPS) is 15.5. The second-order valence-corrected chi connectivity index (χ2v) is 5.65. The zero-order valence-corrected chi connectivity index (χ0v) is 13.3. The summed E-state index contributed by atoms with van der Waals surface area (Å²) in [5, 5.41) is 6.29. The molecule has 22 heavy (non-hydrogen) atoms. The average molecular weight is 306 g/mol. The van der Waals surface area contributed by atoms with Crippen LogP contribution < -0.4 is 15.4 Å². The first-order valence-corrected chi connectivity index (χ1v) is 8.00. The van der Waals surface area contributed by atoms with Crippen LogP contribution in [0.3, 0.4) is 0 Å². The molecular weight excluding hydrogens is 280 g/mol.